The third-order valence-corrected chi connectivity index (χ3v) is 9.26. The number of hydrogen-bond acceptors (Lipinski definition) is 15. The van der Waals surface area contributed by atoms with Crippen molar-refractivity contribution in [3.63, 3.8) is 0 Å². The number of aryl methyl sites for hydroxylation is 2. The molecule has 21 nitrogen and oxygen atoms in total. The van der Waals surface area contributed by atoms with E-state index in [0.717, 1.165) is 39.3 Å². The summed E-state index contributed by atoms with van der Waals surface area (Å²) in [5.74, 6) is -4.46. The summed E-state index contributed by atoms with van der Waals surface area (Å²) in [6, 6.07) is 5.35. The van der Waals surface area contributed by atoms with Crippen LogP contribution >= 0.6 is 11.3 Å². The van der Waals surface area contributed by atoms with Crippen molar-refractivity contribution in [2.24, 2.45) is 5.16 Å². The highest BCUT2D eigenvalue weighted by Gasteiger charge is 2.44. The Bertz CT molecular complexity index is 2360. The molecule has 0 saturated carbocycles. The summed E-state index contributed by atoms with van der Waals surface area (Å²) < 4.78 is 29.1. The summed E-state index contributed by atoms with van der Waals surface area (Å²) in [6.07, 6.45) is 1.16. The van der Waals surface area contributed by atoms with Crippen LogP contribution in [-0.4, -0.2) is 95.0 Å². The van der Waals surface area contributed by atoms with Crippen LogP contribution in [0.3, 0.4) is 0 Å². The van der Waals surface area contributed by atoms with Gasteiger partial charge >= 0.3 is 27.9 Å². The van der Waals surface area contributed by atoms with Crippen molar-refractivity contribution >= 4 is 56.2 Å². The van der Waals surface area contributed by atoms with Crippen LogP contribution in [0.15, 0.2) is 56.7 Å². The zero-order chi connectivity index (χ0) is 38.1. The molecule has 0 spiro atoms. The van der Waals surface area contributed by atoms with E-state index in [2.05, 4.69) is 25.5 Å². The number of nitrogens with one attached hydrogen (secondary N) is 3. The van der Waals surface area contributed by atoms with E-state index in [0.29, 0.717) is 4.90 Å². The Balaban J connectivity index is 1.33. The molecule has 4 aromatic rings. The fourth-order valence-corrected chi connectivity index (χ4v) is 6.04. The second kappa shape index (κ2) is 14.1. The first-order valence-electron chi connectivity index (χ1n) is 15.0. The molecule has 0 bridgehead atoms. The van der Waals surface area contributed by atoms with Gasteiger partial charge in [-0.1, -0.05) is 39.1 Å². The molecule has 7 N–H and O–H groups in total. The summed E-state index contributed by atoms with van der Waals surface area (Å²) in [4.78, 5) is 87.9. The van der Waals surface area contributed by atoms with E-state index in [-0.39, 0.29) is 39.4 Å². The van der Waals surface area contributed by atoms with Crippen molar-refractivity contribution in [2.45, 2.75) is 45.4 Å². The van der Waals surface area contributed by atoms with E-state index in [4.69, 9.17) is 10.6 Å². The van der Waals surface area contributed by atoms with Gasteiger partial charge in [-0.15, -0.1) is 16.4 Å². The van der Waals surface area contributed by atoms with Crippen LogP contribution in [0.5, 0.6) is 5.75 Å². The molecule has 1 saturated heterocycles. The molecule has 1 aliphatic rings. The van der Waals surface area contributed by atoms with Crippen molar-refractivity contribution in [3.05, 3.63) is 79.4 Å². The van der Waals surface area contributed by atoms with Crippen LogP contribution in [-0.2, 0) is 42.4 Å². The van der Waals surface area contributed by atoms with E-state index in [9.17, 15) is 47.4 Å². The molecule has 0 radical (unpaired) electrons. The number of H-pyrrole nitrogens is 1. The number of nitrogen functional groups attached to an aromatic ring is 1. The van der Waals surface area contributed by atoms with Gasteiger partial charge in [0.25, 0.3) is 11.8 Å². The number of benzene rings is 1. The van der Waals surface area contributed by atoms with E-state index in [1.165, 1.54) is 19.2 Å². The average Bonchev–Trinajstić information content (AvgIpc) is 3.65. The highest BCUT2D eigenvalue weighted by atomic mass is 32.2. The fourth-order valence-electron chi connectivity index (χ4n) is 4.59. The van der Waals surface area contributed by atoms with Gasteiger partial charge in [-0.05, 0) is 32.8 Å². The SMILES string of the molecule is Cc1cccc(CCn2c(-c3cc(=O)c(O)c[nH]3)nn(S(=O)(=O)NC(=O)N3C[C@H](NC(=O)/C(=N\OC(C)(C)C(=O)O)c4csc(N)n4)C3=O)c2=O)c1. The number of nitrogens with two attached hydrogens (primary N) is 1. The number of β-lactam (4-membered cyclic amide) rings is 1. The van der Waals surface area contributed by atoms with E-state index in [1.807, 2.05) is 19.1 Å². The lowest BCUT2D eigenvalue weighted by atomic mass is 10.1. The number of likely N-dealkylation sites (tertiary alicyclic amines) is 1. The number of amides is 4. The van der Waals surface area contributed by atoms with Crippen LogP contribution in [0.25, 0.3) is 11.5 Å². The average molecular weight is 759 g/mol. The van der Waals surface area contributed by atoms with Crippen molar-refractivity contribution in [1.29, 1.82) is 0 Å². The van der Waals surface area contributed by atoms with Crippen LogP contribution < -0.4 is 26.9 Å². The minimum absolute atomic E-state index is 0.0217. The fraction of sp³-hybridized carbons (Fsp3) is 0.276. The number of urea groups is 1. The van der Waals surface area contributed by atoms with Gasteiger partial charge in [-0.25, -0.2) is 24.1 Å². The van der Waals surface area contributed by atoms with Gasteiger partial charge in [0.15, 0.2) is 22.4 Å². The minimum Gasteiger partial charge on any atom is -0.503 e. The largest absolute Gasteiger partial charge is 0.503 e. The number of aliphatic carboxylic acids is 1. The maximum Gasteiger partial charge on any atom is 0.362 e. The molecule has 1 atom stereocenters. The van der Waals surface area contributed by atoms with Gasteiger partial charge in [0.05, 0.1) is 12.2 Å². The second-order valence-electron chi connectivity index (χ2n) is 11.7. The summed E-state index contributed by atoms with van der Waals surface area (Å²) in [5, 5.41) is 30.1. The number of aromatic amines is 1. The number of aromatic nitrogens is 5. The molecule has 5 rings (SSSR count). The molecule has 1 aliphatic heterocycles. The highest BCUT2D eigenvalue weighted by Crippen LogP contribution is 2.18. The summed E-state index contributed by atoms with van der Waals surface area (Å²) in [7, 11) is -5.12. The van der Waals surface area contributed by atoms with Crippen LogP contribution in [0, 0.1) is 6.92 Å². The van der Waals surface area contributed by atoms with E-state index in [1.54, 1.807) is 16.9 Å². The predicted molar refractivity (Wildman–Crippen MR) is 181 cm³/mol. The molecule has 0 unspecified atom stereocenters. The standard InChI is InChI=1S/C29H30N10O11S2/c1-14-5-4-6-15(9-14)7-8-37-22(16-10-19(40)20(41)11-31-16)34-39(28(37)47)52(48,49)36-27(46)38-12-17(24(38)43)32-23(42)21(18-13-51-26(30)33-18)35-50-29(2,3)25(44)45/h4-6,9-11,13,17,41H,7-8,12H2,1-3H3,(H2,30,33)(H,31,40)(H,32,42)(H,36,46)(H,44,45)/b35-21-/t17-/m0/s1. The number of carboxylic acid groups (broad SMARTS) is 1. The van der Waals surface area contributed by atoms with Crippen molar-refractivity contribution in [1.82, 2.24) is 38.7 Å². The maximum absolute atomic E-state index is 13.5. The van der Waals surface area contributed by atoms with Crippen LogP contribution in [0.4, 0.5) is 9.93 Å². The number of rotatable bonds is 12. The van der Waals surface area contributed by atoms with Crippen LogP contribution in [0.1, 0.15) is 30.7 Å². The highest BCUT2D eigenvalue weighted by molar-refractivity contribution is 7.88. The summed E-state index contributed by atoms with van der Waals surface area (Å²) in [5.41, 5.74) is 2.67. The number of nitrogens with zero attached hydrogens (tertiary/aromatic N) is 6. The first-order valence-corrected chi connectivity index (χ1v) is 17.3. The van der Waals surface area contributed by atoms with Crippen LogP contribution in [0.2, 0.25) is 0 Å². The number of carbonyl (C=O) groups excluding carboxylic acids is 3. The van der Waals surface area contributed by atoms with Gasteiger partial charge in [0.1, 0.15) is 11.7 Å². The molecule has 0 aliphatic carbocycles. The molecule has 4 amide bonds. The number of pyridine rings is 1. The first kappa shape index (κ1) is 36.9. The lowest BCUT2D eigenvalue weighted by molar-refractivity contribution is -0.161. The van der Waals surface area contributed by atoms with Gasteiger partial charge in [-0.3, -0.25) is 23.9 Å². The van der Waals surface area contributed by atoms with Crippen molar-refractivity contribution in [3.8, 4) is 17.3 Å². The lowest BCUT2D eigenvalue weighted by Gasteiger charge is -2.36. The summed E-state index contributed by atoms with van der Waals surface area (Å²) >= 11 is 0.934. The number of carboxylic acids is 1. The Morgan fingerprint density at radius 2 is 1.94 bits per heavy atom. The number of carbonyl (C=O) groups is 4. The second-order valence-corrected chi connectivity index (χ2v) is 14.1. The van der Waals surface area contributed by atoms with Gasteiger partial charge in [0, 0.05) is 24.2 Å². The Labute approximate surface area is 296 Å². The quantitative estimate of drug-likeness (QED) is 0.0580. The first-order chi connectivity index (χ1) is 24.4. The van der Waals surface area contributed by atoms with Gasteiger partial charge in [-0.2, -0.15) is 8.42 Å². The molecule has 274 valence electrons. The maximum atomic E-state index is 13.5. The topological polar surface area (TPSA) is 303 Å². The molecule has 23 heteroatoms. The lowest BCUT2D eigenvalue weighted by Crippen LogP contribution is -2.68. The Morgan fingerprint density at radius 3 is 2.56 bits per heavy atom. The Hall–Kier alpha value is -6.36. The molecule has 4 heterocycles. The molecule has 1 fully saturated rings. The molecule has 52 heavy (non-hydrogen) atoms. The van der Waals surface area contributed by atoms with Gasteiger partial charge < -0.3 is 31.1 Å². The number of aromatic hydroxyl groups is 1. The van der Waals surface area contributed by atoms with E-state index < -0.39 is 74.8 Å². The van der Waals surface area contributed by atoms with Crippen molar-refractivity contribution < 1.29 is 42.6 Å². The number of thiazole rings is 1. The third-order valence-electron chi connectivity index (χ3n) is 7.46. The molecule has 1 aromatic carbocycles. The number of oxime groups is 1. The molecular formula is C29H30N10O11S2. The number of hydrogen-bond donors (Lipinski definition) is 6. The zero-order valence-corrected chi connectivity index (χ0v) is 29.0. The van der Waals surface area contributed by atoms with Crippen molar-refractivity contribution in [2.75, 3.05) is 12.3 Å². The Kier molecular flexibility index (Phi) is 10.0. The summed E-state index contributed by atoms with van der Waals surface area (Å²) in [6.45, 7) is 3.55. The Morgan fingerprint density at radius 1 is 1.21 bits per heavy atom. The predicted octanol–water partition coefficient (Wildman–Crippen LogP) is -0.891. The third kappa shape index (κ3) is 7.68. The molecular weight excluding hydrogens is 729 g/mol. The normalized spacial score (nSPS) is 14.8. The zero-order valence-electron chi connectivity index (χ0n) is 27.4. The van der Waals surface area contributed by atoms with Gasteiger partial charge in [0.2, 0.25) is 11.0 Å². The number of anilines is 1. The molecule has 3 aromatic heterocycles. The monoisotopic (exact) mass is 758 g/mol. The minimum atomic E-state index is -5.12. The van der Waals surface area contributed by atoms with E-state index >= 15 is 0 Å². The smallest absolute Gasteiger partial charge is 0.362 e. The number of imide groups is 1.